The zero-order chi connectivity index (χ0) is 19.1. The molecule has 2 N–H and O–H groups in total. The fraction of sp³-hybridized carbons (Fsp3) is 0.300. The third kappa shape index (κ3) is 5.32. The smallest absolute Gasteiger partial charge is 0.279 e. The summed E-state index contributed by atoms with van der Waals surface area (Å²) in [6.45, 7) is 1.02. The molecule has 0 bridgehead atoms. The van der Waals surface area contributed by atoms with E-state index in [4.69, 9.17) is 4.74 Å². The number of nitrogens with one attached hydrogen (secondary N) is 2. The zero-order valence-electron chi connectivity index (χ0n) is 15.7. The van der Waals surface area contributed by atoms with Gasteiger partial charge in [0.15, 0.2) is 6.54 Å². The van der Waals surface area contributed by atoms with Crippen LogP contribution in [0.2, 0.25) is 0 Å². The lowest BCUT2D eigenvalue weighted by Crippen LogP contribution is -3.08. The molecule has 0 heterocycles. The van der Waals surface area contributed by atoms with Crippen LogP contribution in [0.4, 0.5) is 5.69 Å². The molecule has 2 rings (SSSR count). The molecule has 138 valence electrons. The van der Waals surface area contributed by atoms with Crippen LogP contribution in [0.1, 0.15) is 15.9 Å². The lowest BCUT2D eigenvalue weighted by Gasteiger charge is -2.16. The minimum absolute atomic E-state index is 0.0659. The summed E-state index contributed by atoms with van der Waals surface area (Å²) in [7, 11) is 7.02. The second-order valence-electron chi connectivity index (χ2n) is 6.45. The average molecular weight is 356 g/mol. The largest absolute Gasteiger partial charge is 0.496 e. The quantitative estimate of drug-likeness (QED) is 0.780. The Morgan fingerprint density at radius 1 is 1.08 bits per heavy atom. The van der Waals surface area contributed by atoms with Crippen LogP contribution in [0.15, 0.2) is 48.5 Å². The highest BCUT2D eigenvalue weighted by Gasteiger charge is 2.14. The van der Waals surface area contributed by atoms with E-state index in [0.717, 1.165) is 16.2 Å². The zero-order valence-corrected chi connectivity index (χ0v) is 15.7. The number of benzene rings is 2. The predicted octanol–water partition coefficient (Wildman–Crippen LogP) is 1.05. The van der Waals surface area contributed by atoms with Crippen LogP contribution in [-0.2, 0) is 11.3 Å². The fourth-order valence-corrected chi connectivity index (χ4v) is 2.67. The maximum Gasteiger partial charge on any atom is 0.279 e. The van der Waals surface area contributed by atoms with Crippen molar-refractivity contribution in [1.82, 2.24) is 4.90 Å². The number of hydrogen-bond donors (Lipinski definition) is 2. The summed E-state index contributed by atoms with van der Waals surface area (Å²) in [4.78, 5) is 26.7. The van der Waals surface area contributed by atoms with Gasteiger partial charge in [-0.3, -0.25) is 9.59 Å². The van der Waals surface area contributed by atoms with Gasteiger partial charge < -0.3 is 19.9 Å². The van der Waals surface area contributed by atoms with E-state index in [-0.39, 0.29) is 11.8 Å². The molecule has 26 heavy (non-hydrogen) atoms. The van der Waals surface area contributed by atoms with E-state index in [0.29, 0.717) is 24.3 Å². The maximum absolute atomic E-state index is 12.3. The van der Waals surface area contributed by atoms with E-state index >= 15 is 0 Å². The molecule has 0 saturated heterocycles. The molecular weight excluding hydrogens is 330 g/mol. The van der Waals surface area contributed by atoms with Crippen LogP contribution >= 0.6 is 0 Å². The van der Waals surface area contributed by atoms with Gasteiger partial charge in [-0.25, -0.2) is 0 Å². The van der Waals surface area contributed by atoms with Gasteiger partial charge in [-0.05, 0) is 36.4 Å². The summed E-state index contributed by atoms with van der Waals surface area (Å²) in [5.74, 6) is 0.682. The van der Waals surface area contributed by atoms with Crippen molar-refractivity contribution in [2.24, 2.45) is 0 Å². The number of quaternary nitrogens is 1. The van der Waals surface area contributed by atoms with Crippen molar-refractivity contribution >= 4 is 17.5 Å². The van der Waals surface area contributed by atoms with Gasteiger partial charge >= 0.3 is 0 Å². The van der Waals surface area contributed by atoms with Crippen LogP contribution in [-0.4, -0.2) is 51.5 Å². The van der Waals surface area contributed by atoms with Crippen molar-refractivity contribution in [3.63, 3.8) is 0 Å². The summed E-state index contributed by atoms with van der Waals surface area (Å²) in [5, 5.41) is 2.87. The van der Waals surface area contributed by atoms with E-state index in [9.17, 15) is 9.59 Å². The molecule has 6 heteroatoms. The first kappa shape index (κ1) is 19.5. The van der Waals surface area contributed by atoms with Gasteiger partial charge in [-0.2, -0.15) is 0 Å². The van der Waals surface area contributed by atoms with E-state index in [1.807, 2.05) is 31.3 Å². The Labute approximate surface area is 154 Å². The highest BCUT2D eigenvalue weighted by atomic mass is 16.5. The Bertz CT molecular complexity index is 757. The Balaban J connectivity index is 1.90. The van der Waals surface area contributed by atoms with Crippen LogP contribution in [0, 0.1) is 0 Å². The summed E-state index contributed by atoms with van der Waals surface area (Å²) in [6, 6.07) is 14.7. The van der Waals surface area contributed by atoms with E-state index in [1.54, 1.807) is 45.5 Å². The van der Waals surface area contributed by atoms with Crippen molar-refractivity contribution in [2.75, 3.05) is 40.1 Å². The second-order valence-corrected chi connectivity index (χ2v) is 6.45. The van der Waals surface area contributed by atoms with Crippen molar-refractivity contribution < 1.29 is 19.2 Å². The predicted molar refractivity (Wildman–Crippen MR) is 102 cm³/mol. The first-order chi connectivity index (χ1) is 12.4. The van der Waals surface area contributed by atoms with Crippen LogP contribution in [0.3, 0.4) is 0 Å². The Hall–Kier alpha value is -2.86. The Kier molecular flexibility index (Phi) is 6.74. The lowest BCUT2D eigenvalue weighted by molar-refractivity contribution is -0.885. The van der Waals surface area contributed by atoms with Crippen molar-refractivity contribution in [3.8, 4) is 5.75 Å². The third-order valence-corrected chi connectivity index (χ3v) is 3.97. The van der Waals surface area contributed by atoms with Gasteiger partial charge in [0.05, 0.1) is 14.2 Å². The van der Waals surface area contributed by atoms with Gasteiger partial charge in [0.2, 0.25) is 0 Å². The Morgan fingerprint density at radius 3 is 2.35 bits per heavy atom. The van der Waals surface area contributed by atoms with Gasteiger partial charge in [-0.15, -0.1) is 0 Å². The highest BCUT2D eigenvalue weighted by molar-refractivity contribution is 5.95. The van der Waals surface area contributed by atoms with Gasteiger partial charge in [0, 0.05) is 30.9 Å². The first-order valence-electron chi connectivity index (χ1n) is 8.45. The summed E-state index contributed by atoms with van der Waals surface area (Å²) in [6.07, 6.45) is 0. The maximum atomic E-state index is 12.3. The summed E-state index contributed by atoms with van der Waals surface area (Å²) < 4.78 is 5.35. The molecule has 0 aliphatic heterocycles. The molecule has 0 aromatic heterocycles. The normalized spacial score (nSPS) is 11.5. The van der Waals surface area contributed by atoms with Crippen molar-refractivity contribution in [3.05, 3.63) is 59.7 Å². The number of likely N-dealkylation sites (N-methyl/N-ethyl adjacent to an activating group) is 1. The molecular formula is C20H26N3O3+. The molecule has 1 unspecified atom stereocenters. The molecule has 2 aromatic carbocycles. The average Bonchev–Trinajstić information content (AvgIpc) is 2.61. The number of anilines is 1. The fourth-order valence-electron chi connectivity index (χ4n) is 2.67. The number of ether oxygens (including phenoxy) is 1. The molecule has 0 aliphatic carbocycles. The minimum Gasteiger partial charge on any atom is -0.496 e. The number of hydrogen-bond acceptors (Lipinski definition) is 3. The SMILES string of the molecule is COc1ccccc1C[NH+](C)CC(=O)Nc1ccc(C(=O)N(C)C)cc1. The monoisotopic (exact) mass is 356 g/mol. The second kappa shape index (κ2) is 9.01. The Morgan fingerprint density at radius 2 is 1.73 bits per heavy atom. The summed E-state index contributed by atoms with van der Waals surface area (Å²) >= 11 is 0. The van der Waals surface area contributed by atoms with E-state index in [1.165, 1.54) is 4.90 Å². The number of carbonyl (C=O) groups excluding carboxylic acids is 2. The molecule has 2 aromatic rings. The van der Waals surface area contributed by atoms with Gasteiger partial charge in [0.1, 0.15) is 12.3 Å². The summed E-state index contributed by atoms with van der Waals surface area (Å²) in [5.41, 5.74) is 2.33. The molecule has 0 radical (unpaired) electrons. The third-order valence-electron chi connectivity index (χ3n) is 3.97. The molecule has 1 atom stereocenters. The number of methoxy groups -OCH3 is 1. The van der Waals surface area contributed by atoms with E-state index in [2.05, 4.69) is 5.32 Å². The molecule has 0 spiro atoms. The van der Waals surface area contributed by atoms with Crippen LogP contribution < -0.4 is 15.0 Å². The van der Waals surface area contributed by atoms with Gasteiger partial charge in [0.25, 0.3) is 11.8 Å². The topological polar surface area (TPSA) is 63.1 Å². The van der Waals surface area contributed by atoms with E-state index < -0.39 is 0 Å². The molecule has 0 saturated carbocycles. The minimum atomic E-state index is -0.0796. The first-order valence-corrected chi connectivity index (χ1v) is 8.45. The number of nitrogens with zero attached hydrogens (tertiary/aromatic N) is 1. The van der Waals surface area contributed by atoms with Crippen LogP contribution in [0.5, 0.6) is 5.75 Å². The van der Waals surface area contributed by atoms with Crippen molar-refractivity contribution in [2.45, 2.75) is 6.54 Å². The molecule has 6 nitrogen and oxygen atoms in total. The standard InChI is InChI=1S/C20H25N3O3/c1-22(2)20(25)15-9-11-17(12-10-15)21-19(24)14-23(3)13-16-7-5-6-8-18(16)26-4/h5-12H,13-14H2,1-4H3,(H,21,24)/p+1. The number of carbonyl (C=O) groups is 2. The highest BCUT2D eigenvalue weighted by Crippen LogP contribution is 2.15. The van der Waals surface area contributed by atoms with Gasteiger partial charge in [-0.1, -0.05) is 12.1 Å². The lowest BCUT2D eigenvalue weighted by atomic mass is 10.2. The molecule has 0 aliphatic rings. The number of rotatable bonds is 7. The molecule has 2 amide bonds. The number of para-hydroxylation sites is 1. The van der Waals surface area contributed by atoms with Crippen molar-refractivity contribution in [1.29, 1.82) is 0 Å². The van der Waals surface area contributed by atoms with Crippen LogP contribution in [0.25, 0.3) is 0 Å². The number of amides is 2. The molecule has 0 fully saturated rings.